The Morgan fingerprint density at radius 1 is 1.22 bits per heavy atom. The van der Waals surface area contributed by atoms with Crippen molar-refractivity contribution in [1.82, 2.24) is 5.32 Å². The van der Waals surface area contributed by atoms with Crippen LogP contribution in [0.2, 0.25) is 0 Å². The fourth-order valence-electron chi connectivity index (χ4n) is 4.03. The van der Waals surface area contributed by atoms with Crippen LogP contribution in [-0.2, 0) is 14.3 Å². The minimum Gasteiger partial charge on any atom is -0.467 e. The van der Waals surface area contributed by atoms with E-state index in [1.54, 1.807) is 0 Å². The molecule has 0 radical (unpaired) electrons. The summed E-state index contributed by atoms with van der Waals surface area (Å²) in [6.07, 6.45) is 7.96. The predicted octanol–water partition coefficient (Wildman–Crippen LogP) is 2.55. The Bertz CT molecular complexity index is 409. The number of carbonyl (C=O) groups excluding carboxylic acids is 2. The Hall–Kier alpha value is -0.810. The number of carbonyl (C=O) groups is 2. The molecule has 0 aliphatic heterocycles. The third kappa shape index (κ3) is 4.83. The van der Waals surface area contributed by atoms with Crippen molar-refractivity contribution in [1.29, 1.82) is 0 Å². The van der Waals surface area contributed by atoms with Crippen LogP contribution in [-0.4, -0.2) is 30.6 Å². The Morgan fingerprint density at radius 2 is 1.87 bits per heavy atom. The zero-order chi connectivity index (χ0) is 16.2. The Morgan fingerprint density at radius 3 is 2.35 bits per heavy atom. The predicted molar refractivity (Wildman–Crippen MR) is 92.3 cm³/mol. The maximum Gasteiger partial charge on any atom is 0.331 e. The van der Waals surface area contributed by atoms with Crippen molar-refractivity contribution in [3.63, 3.8) is 0 Å². The number of hydrogen-bond acceptors (Lipinski definition) is 4. The lowest BCUT2D eigenvalue weighted by molar-refractivity contribution is -0.153. The SMILES string of the molecule is CCC1CCC(NC(=O)C[C@@H]2CCC[C@H]2N)(C(=O)OC)CC1.Cl. The second kappa shape index (κ2) is 8.88. The van der Waals surface area contributed by atoms with Gasteiger partial charge in [-0.15, -0.1) is 12.4 Å². The number of esters is 1. The first-order valence-corrected chi connectivity index (χ1v) is 8.65. The number of nitrogens with one attached hydrogen (secondary N) is 1. The number of ether oxygens (including phenoxy) is 1. The van der Waals surface area contributed by atoms with Gasteiger partial charge in [0.15, 0.2) is 0 Å². The summed E-state index contributed by atoms with van der Waals surface area (Å²) >= 11 is 0. The van der Waals surface area contributed by atoms with Crippen LogP contribution in [0.25, 0.3) is 0 Å². The summed E-state index contributed by atoms with van der Waals surface area (Å²) in [5, 5.41) is 3.01. The van der Waals surface area contributed by atoms with Crippen LogP contribution >= 0.6 is 12.4 Å². The van der Waals surface area contributed by atoms with E-state index in [2.05, 4.69) is 12.2 Å². The van der Waals surface area contributed by atoms with Gasteiger partial charge in [0, 0.05) is 12.5 Å². The first kappa shape index (κ1) is 20.2. The zero-order valence-corrected chi connectivity index (χ0v) is 15.1. The van der Waals surface area contributed by atoms with E-state index >= 15 is 0 Å². The van der Waals surface area contributed by atoms with Gasteiger partial charge in [0.1, 0.15) is 5.54 Å². The van der Waals surface area contributed by atoms with Crippen molar-refractivity contribution < 1.29 is 14.3 Å². The highest BCUT2D eigenvalue weighted by Crippen LogP contribution is 2.35. The number of amides is 1. The topological polar surface area (TPSA) is 81.4 Å². The molecular weight excluding hydrogens is 316 g/mol. The lowest BCUT2D eigenvalue weighted by Crippen LogP contribution is -2.57. The van der Waals surface area contributed by atoms with Crippen LogP contribution in [0.15, 0.2) is 0 Å². The van der Waals surface area contributed by atoms with Gasteiger partial charge in [-0.05, 0) is 50.4 Å². The van der Waals surface area contributed by atoms with Gasteiger partial charge in [-0.3, -0.25) is 4.79 Å². The monoisotopic (exact) mass is 346 g/mol. The molecular formula is C17H31ClN2O3. The fourth-order valence-corrected chi connectivity index (χ4v) is 4.03. The van der Waals surface area contributed by atoms with Crippen molar-refractivity contribution >= 4 is 24.3 Å². The highest BCUT2D eigenvalue weighted by Gasteiger charge is 2.44. The second-order valence-corrected chi connectivity index (χ2v) is 7.03. The van der Waals surface area contributed by atoms with Crippen LogP contribution in [0.1, 0.15) is 64.7 Å². The molecule has 2 saturated carbocycles. The van der Waals surface area contributed by atoms with E-state index in [9.17, 15) is 9.59 Å². The first-order chi connectivity index (χ1) is 10.5. The molecule has 6 heteroatoms. The van der Waals surface area contributed by atoms with E-state index in [0.29, 0.717) is 25.2 Å². The molecule has 0 unspecified atom stereocenters. The maximum absolute atomic E-state index is 12.4. The maximum atomic E-state index is 12.4. The molecule has 0 spiro atoms. The molecule has 2 atom stereocenters. The molecule has 2 aliphatic carbocycles. The van der Waals surface area contributed by atoms with Gasteiger partial charge < -0.3 is 15.8 Å². The lowest BCUT2D eigenvalue weighted by atomic mass is 9.75. The van der Waals surface area contributed by atoms with Crippen molar-refractivity contribution in [2.45, 2.75) is 76.3 Å². The summed E-state index contributed by atoms with van der Waals surface area (Å²) in [7, 11) is 1.40. The molecule has 2 aliphatic rings. The minimum absolute atomic E-state index is 0. The molecule has 3 N–H and O–H groups in total. The molecule has 0 aromatic rings. The third-order valence-corrected chi connectivity index (χ3v) is 5.66. The molecule has 0 bridgehead atoms. The van der Waals surface area contributed by atoms with Gasteiger partial charge in [-0.2, -0.15) is 0 Å². The number of hydrogen-bond donors (Lipinski definition) is 2. The van der Waals surface area contributed by atoms with Crippen molar-refractivity contribution in [3.8, 4) is 0 Å². The number of nitrogens with two attached hydrogens (primary N) is 1. The average molecular weight is 347 g/mol. The van der Waals surface area contributed by atoms with Crippen LogP contribution in [0.5, 0.6) is 0 Å². The molecule has 2 rings (SSSR count). The summed E-state index contributed by atoms with van der Waals surface area (Å²) in [6.45, 7) is 2.18. The van der Waals surface area contributed by atoms with Gasteiger partial charge in [0.05, 0.1) is 7.11 Å². The molecule has 23 heavy (non-hydrogen) atoms. The van der Waals surface area contributed by atoms with E-state index in [0.717, 1.165) is 38.5 Å². The Labute approximate surface area is 145 Å². The lowest BCUT2D eigenvalue weighted by Gasteiger charge is -2.38. The van der Waals surface area contributed by atoms with E-state index in [1.165, 1.54) is 7.11 Å². The fraction of sp³-hybridized carbons (Fsp3) is 0.882. The quantitative estimate of drug-likeness (QED) is 0.749. The normalized spacial score (nSPS) is 33.6. The van der Waals surface area contributed by atoms with Crippen LogP contribution in [0.4, 0.5) is 0 Å². The average Bonchev–Trinajstić information content (AvgIpc) is 2.92. The van der Waals surface area contributed by atoms with Gasteiger partial charge >= 0.3 is 5.97 Å². The van der Waals surface area contributed by atoms with Crippen LogP contribution in [0.3, 0.4) is 0 Å². The Balaban J connectivity index is 0.00000264. The number of rotatable bonds is 5. The first-order valence-electron chi connectivity index (χ1n) is 8.65. The second-order valence-electron chi connectivity index (χ2n) is 7.03. The summed E-state index contributed by atoms with van der Waals surface area (Å²) in [4.78, 5) is 24.7. The van der Waals surface area contributed by atoms with Gasteiger partial charge in [-0.25, -0.2) is 4.79 Å². The standard InChI is InChI=1S/C17H30N2O3.ClH/c1-3-12-7-9-17(10-8-12,16(21)22-2)19-15(20)11-13-5-4-6-14(13)18;/h12-14H,3-11,18H2,1-2H3,(H,19,20);1H/t12?,13-,14+,17?;/m0./s1. The van der Waals surface area contributed by atoms with Gasteiger partial charge in [-0.1, -0.05) is 19.8 Å². The molecule has 0 heterocycles. The summed E-state index contributed by atoms with van der Waals surface area (Å²) in [5.41, 5.74) is 5.22. The molecule has 1 amide bonds. The van der Waals surface area contributed by atoms with E-state index < -0.39 is 5.54 Å². The minimum atomic E-state index is -0.819. The van der Waals surface area contributed by atoms with Crippen molar-refractivity contribution in [2.75, 3.05) is 7.11 Å². The third-order valence-electron chi connectivity index (χ3n) is 5.66. The van der Waals surface area contributed by atoms with Gasteiger partial charge in [0.2, 0.25) is 5.91 Å². The number of methoxy groups -OCH3 is 1. The molecule has 5 nitrogen and oxygen atoms in total. The van der Waals surface area contributed by atoms with Crippen molar-refractivity contribution in [2.24, 2.45) is 17.6 Å². The molecule has 0 saturated heterocycles. The van der Waals surface area contributed by atoms with E-state index in [4.69, 9.17) is 10.5 Å². The number of halogens is 1. The molecule has 0 aromatic carbocycles. The van der Waals surface area contributed by atoms with Crippen LogP contribution < -0.4 is 11.1 Å². The Kier molecular flexibility index (Phi) is 7.81. The molecule has 0 aromatic heterocycles. The summed E-state index contributed by atoms with van der Waals surface area (Å²) in [5.74, 6) is 0.549. The molecule has 134 valence electrons. The summed E-state index contributed by atoms with van der Waals surface area (Å²) < 4.78 is 4.98. The van der Waals surface area contributed by atoms with E-state index in [-0.39, 0.29) is 36.2 Å². The summed E-state index contributed by atoms with van der Waals surface area (Å²) in [6, 6.07) is 0.121. The van der Waals surface area contributed by atoms with Crippen LogP contribution in [0, 0.1) is 11.8 Å². The zero-order valence-electron chi connectivity index (χ0n) is 14.3. The van der Waals surface area contributed by atoms with Gasteiger partial charge in [0.25, 0.3) is 0 Å². The van der Waals surface area contributed by atoms with Crippen molar-refractivity contribution in [3.05, 3.63) is 0 Å². The van der Waals surface area contributed by atoms with E-state index in [1.807, 2.05) is 0 Å². The largest absolute Gasteiger partial charge is 0.467 e. The molecule has 2 fully saturated rings. The highest BCUT2D eigenvalue weighted by atomic mass is 35.5. The smallest absolute Gasteiger partial charge is 0.331 e. The highest BCUT2D eigenvalue weighted by molar-refractivity contribution is 5.88.